The Morgan fingerprint density at radius 3 is 2.23 bits per heavy atom. The van der Waals surface area contributed by atoms with Crippen LogP contribution in [0.3, 0.4) is 0 Å². The average Bonchev–Trinajstić information content (AvgIpc) is 2.91. The second-order valence-electron chi connectivity index (χ2n) is 9.13. The molecule has 2 aliphatic heterocycles. The smallest absolute Gasteiger partial charge is 0.453 e. The van der Waals surface area contributed by atoms with Crippen molar-refractivity contribution in [1.82, 2.24) is 4.72 Å². The number of ether oxygens (including phenoxy) is 3. The minimum Gasteiger partial charge on any atom is -0.453 e. The van der Waals surface area contributed by atoms with Crippen LogP contribution in [0, 0.1) is 0 Å². The zero-order valence-corrected chi connectivity index (χ0v) is 21.8. The number of fused-ring (bicyclic) bond motifs is 2. The van der Waals surface area contributed by atoms with E-state index >= 15 is 0 Å². The van der Waals surface area contributed by atoms with Crippen LogP contribution in [0.5, 0.6) is 17.2 Å². The monoisotopic (exact) mass is 563 g/mol. The fraction of sp³-hybridized carbons (Fsp3) is 0.333. The summed E-state index contributed by atoms with van der Waals surface area (Å²) in [7, 11) is -3.34. The van der Waals surface area contributed by atoms with Crippen molar-refractivity contribution < 1.29 is 36.7 Å². The molecule has 208 valence electrons. The van der Waals surface area contributed by atoms with Crippen LogP contribution in [0.4, 0.5) is 24.5 Å². The molecule has 0 spiro atoms. The van der Waals surface area contributed by atoms with E-state index in [0.29, 0.717) is 17.9 Å². The van der Waals surface area contributed by atoms with Gasteiger partial charge in [0.05, 0.1) is 47.7 Å². The lowest BCUT2D eigenvalue weighted by Crippen LogP contribution is -2.60. The summed E-state index contributed by atoms with van der Waals surface area (Å²) in [4.78, 5) is 2.13. The Morgan fingerprint density at radius 1 is 1.03 bits per heavy atom. The first kappa shape index (κ1) is 27.3. The van der Waals surface area contributed by atoms with Gasteiger partial charge in [0.1, 0.15) is 15.7 Å². The number of alkyl halides is 3. The summed E-state index contributed by atoms with van der Waals surface area (Å²) in [6, 6.07) is 18.3. The number of anilines is 2. The van der Waals surface area contributed by atoms with E-state index in [1.807, 2.05) is 60.4 Å². The molecular formula is C27H28F3N3O5S. The Bertz CT molecular complexity index is 1380. The number of nitrogens with one attached hydrogen (secondary N) is 1. The Hall–Kier alpha value is -3.32. The van der Waals surface area contributed by atoms with Gasteiger partial charge in [0.2, 0.25) is 0 Å². The first-order chi connectivity index (χ1) is 18.7. The molecule has 2 aliphatic rings. The number of hydrogen-bond donors (Lipinski definition) is 2. The number of para-hydroxylation sites is 4. The standard InChI is InChI=1S/C27H28F3N3O5S/c1-2-15-31-39(35,19-13-11-18(12-14-19)38-27(28,29)30)32-20-16-36-17-23(26(20)34)33-21-7-3-5-9-24(21)37-25-10-6-4-8-22(25)33/h3-14,20,23,26,34H,2,15-17H2,1H3,(H,31,32,35)/t20-,23-,26-,39?/m1/s1. The summed E-state index contributed by atoms with van der Waals surface area (Å²) in [5.41, 5.74) is 1.50. The average molecular weight is 564 g/mol. The molecule has 4 atom stereocenters. The summed E-state index contributed by atoms with van der Waals surface area (Å²) >= 11 is 0. The van der Waals surface area contributed by atoms with Gasteiger partial charge < -0.3 is 24.2 Å². The number of rotatable bonds is 7. The van der Waals surface area contributed by atoms with Crippen LogP contribution in [0.1, 0.15) is 13.3 Å². The van der Waals surface area contributed by atoms with Crippen LogP contribution >= 0.6 is 0 Å². The highest BCUT2D eigenvalue weighted by Gasteiger charge is 2.41. The van der Waals surface area contributed by atoms with Crippen molar-refractivity contribution in [2.24, 2.45) is 4.36 Å². The van der Waals surface area contributed by atoms with Gasteiger partial charge >= 0.3 is 6.36 Å². The minimum absolute atomic E-state index is 0.0548. The lowest BCUT2D eigenvalue weighted by atomic mass is 9.98. The fourth-order valence-electron chi connectivity index (χ4n) is 4.63. The maximum Gasteiger partial charge on any atom is 0.573 e. The third-order valence-electron chi connectivity index (χ3n) is 6.38. The van der Waals surface area contributed by atoms with Gasteiger partial charge in [-0.2, -0.15) is 0 Å². The van der Waals surface area contributed by atoms with E-state index in [0.717, 1.165) is 23.5 Å². The molecule has 0 bridgehead atoms. The van der Waals surface area contributed by atoms with Gasteiger partial charge in [0, 0.05) is 6.54 Å². The van der Waals surface area contributed by atoms with Gasteiger partial charge in [-0.25, -0.2) is 13.3 Å². The molecule has 3 aromatic rings. The first-order valence-corrected chi connectivity index (χ1v) is 14.0. The van der Waals surface area contributed by atoms with Crippen LogP contribution < -0.4 is 19.1 Å². The molecule has 12 heteroatoms. The Labute approximate surface area is 224 Å². The molecule has 2 heterocycles. The van der Waals surface area contributed by atoms with Crippen molar-refractivity contribution in [3.63, 3.8) is 0 Å². The molecule has 0 saturated carbocycles. The second kappa shape index (κ2) is 11.0. The number of aliphatic hydroxyl groups is 1. The molecule has 0 aliphatic carbocycles. The van der Waals surface area contributed by atoms with Crippen LogP contribution in [0.15, 0.2) is 82.1 Å². The van der Waals surface area contributed by atoms with Gasteiger partial charge in [0.25, 0.3) is 0 Å². The van der Waals surface area contributed by atoms with E-state index in [4.69, 9.17) is 9.47 Å². The number of hydrogen-bond acceptors (Lipinski definition) is 7. The summed E-state index contributed by atoms with van der Waals surface area (Å²) in [5.74, 6) is 0.817. The number of benzene rings is 3. The summed E-state index contributed by atoms with van der Waals surface area (Å²) < 4.78 is 75.1. The first-order valence-electron chi connectivity index (χ1n) is 12.5. The normalized spacial score (nSPS) is 22.2. The van der Waals surface area contributed by atoms with Crippen LogP contribution in [0.2, 0.25) is 0 Å². The molecule has 5 rings (SSSR count). The van der Waals surface area contributed by atoms with Gasteiger partial charge in [-0.3, -0.25) is 0 Å². The van der Waals surface area contributed by atoms with E-state index in [-0.39, 0.29) is 24.7 Å². The van der Waals surface area contributed by atoms with E-state index in [2.05, 4.69) is 13.8 Å². The van der Waals surface area contributed by atoms with Crippen molar-refractivity contribution >= 4 is 21.3 Å². The highest BCUT2D eigenvalue weighted by atomic mass is 32.2. The lowest BCUT2D eigenvalue weighted by Gasteiger charge is -2.44. The number of nitrogens with zero attached hydrogens (tertiary/aromatic N) is 2. The topological polar surface area (TPSA) is 92.6 Å². The third kappa shape index (κ3) is 5.83. The zero-order chi connectivity index (χ0) is 27.6. The Kier molecular flexibility index (Phi) is 7.72. The van der Waals surface area contributed by atoms with Crippen LogP contribution in [0.25, 0.3) is 0 Å². The predicted octanol–water partition coefficient (Wildman–Crippen LogP) is 5.40. The molecular weight excluding hydrogens is 535 g/mol. The molecule has 1 saturated heterocycles. The largest absolute Gasteiger partial charge is 0.573 e. The van der Waals surface area contributed by atoms with Crippen molar-refractivity contribution in [1.29, 1.82) is 0 Å². The Morgan fingerprint density at radius 2 is 1.64 bits per heavy atom. The minimum atomic E-state index is -4.84. The van der Waals surface area contributed by atoms with E-state index in [1.165, 1.54) is 12.1 Å². The molecule has 8 nitrogen and oxygen atoms in total. The van der Waals surface area contributed by atoms with Crippen molar-refractivity contribution in [2.75, 3.05) is 24.7 Å². The van der Waals surface area contributed by atoms with Gasteiger partial charge in [0.15, 0.2) is 11.5 Å². The molecule has 1 fully saturated rings. The summed E-state index contributed by atoms with van der Waals surface area (Å²) in [5, 5.41) is 11.6. The van der Waals surface area contributed by atoms with Gasteiger partial charge in [-0.15, -0.1) is 13.2 Å². The molecule has 2 N–H and O–H groups in total. The van der Waals surface area contributed by atoms with Crippen LogP contribution in [-0.4, -0.2) is 53.6 Å². The van der Waals surface area contributed by atoms with Crippen LogP contribution in [-0.2, 0) is 14.7 Å². The lowest BCUT2D eigenvalue weighted by molar-refractivity contribution is -0.274. The SMILES string of the molecule is CCCN=S(=O)(N[C@@H]1COC[C@@H](N2c3ccccc3Oc3ccccc32)[C@@H]1O)c1ccc(OC(F)(F)F)cc1. The highest BCUT2D eigenvalue weighted by Crippen LogP contribution is 2.48. The highest BCUT2D eigenvalue weighted by molar-refractivity contribution is 7.91. The van der Waals surface area contributed by atoms with Crippen molar-refractivity contribution in [2.45, 2.75) is 42.8 Å². The molecule has 0 radical (unpaired) electrons. The maximum absolute atomic E-state index is 14.1. The second-order valence-corrected chi connectivity index (χ2v) is 11.1. The quantitative estimate of drug-likeness (QED) is 0.400. The number of halogens is 3. The summed E-state index contributed by atoms with van der Waals surface area (Å²) in [6.07, 6.45) is -5.30. The van der Waals surface area contributed by atoms with E-state index in [1.54, 1.807) is 0 Å². The zero-order valence-electron chi connectivity index (χ0n) is 21.0. The molecule has 3 aromatic carbocycles. The molecule has 1 unspecified atom stereocenters. The van der Waals surface area contributed by atoms with Gasteiger partial charge in [-0.1, -0.05) is 31.2 Å². The van der Waals surface area contributed by atoms with Crippen molar-refractivity contribution in [3.05, 3.63) is 72.8 Å². The van der Waals surface area contributed by atoms with Crippen molar-refractivity contribution in [3.8, 4) is 17.2 Å². The Balaban J connectivity index is 1.45. The molecule has 0 aromatic heterocycles. The molecule has 39 heavy (non-hydrogen) atoms. The third-order valence-corrected chi connectivity index (χ3v) is 8.46. The number of aliphatic hydroxyl groups excluding tert-OH is 1. The summed E-state index contributed by atoms with van der Waals surface area (Å²) in [6.45, 7) is 2.35. The fourth-order valence-corrected chi connectivity index (χ4v) is 6.56. The maximum atomic E-state index is 14.1. The van der Waals surface area contributed by atoms with E-state index in [9.17, 15) is 22.5 Å². The van der Waals surface area contributed by atoms with Gasteiger partial charge in [-0.05, 0) is 55.0 Å². The van der Waals surface area contributed by atoms with E-state index < -0.39 is 40.2 Å². The predicted molar refractivity (Wildman–Crippen MR) is 140 cm³/mol. The molecule has 0 amide bonds.